The monoisotopic (exact) mass is 513 g/mol. The molecule has 8 heteroatoms. The number of amides is 1. The van der Waals surface area contributed by atoms with Crippen LogP contribution in [-0.2, 0) is 0 Å². The number of fused-ring (bicyclic) bond motifs is 1. The van der Waals surface area contributed by atoms with Gasteiger partial charge in [0.25, 0.3) is 5.91 Å². The lowest BCUT2D eigenvalue weighted by Gasteiger charge is -2.16. The van der Waals surface area contributed by atoms with Crippen molar-refractivity contribution in [2.45, 2.75) is 53.9 Å². The molecule has 2 aliphatic rings. The van der Waals surface area contributed by atoms with Crippen molar-refractivity contribution < 1.29 is 13.6 Å². The summed E-state index contributed by atoms with van der Waals surface area (Å²) in [5.74, 6) is 0.837. The van der Waals surface area contributed by atoms with Gasteiger partial charge in [-0.1, -0.05) is 32.9 Å². The van der Waals surface area contributed by atoms with E-state index in [2.05, 4.69) is 47.6 Å². The Labute approximate surface area is 219 Å². The van der Waals surface area contributed by atoms with E-state index in [9.17, 15) is 13.6 Å². The van der Waals surface area contributed by atoms with E-state index in [0.29, 0.717) is 33.8 Å². The number of rotatable bonds is 2. The number of halogens is 2. The van der Waals surface area contributed by atoms with Crippen molar-refractivity contribution in [2.24, 2.45) is 11.8 Å². The second kappa shape index (κ2) is 15.2. The van der Waals surface area contributed by atoms with Crippen molar-refractivity contribution in [1.82, 2.24) is 25.2 Å². The van der Waals surface area contributed by atoms with Gasteiger partial charge in [-0.2, -0.15) is 0 Å². The molecule has 0 saturated carbocycles. The number of likely N-dealkylation sites (tertiary alicyclic amines) is 1. The molecule has 37 heavy (non-hydrogen) atoms. The van der Waals surface area contributed by atoms with E-state index in [1.165, 1.54) is 38.1 Å². The second-order valence-corrected chi connectivity index (χ2v) is 9.72. The maximum Gasteiger partial charge on any atom is 0.253 e. The molecule has 2 aliphatic heterocycles. The first kappa shape index (κ1) is 30.1. The normalized spacial score (nSPS) is 18.2. The largest absolute Gasteiger partial charge is 0.343 e. The fraction of sp³-hybridized carbons (Fsp3) is 0.483. The van der Waals surface area contributed by atoms with Crippen LogP contribution in [0.3, 0.4) is 0 Å². The number of aromatic amines is 1. The topological polar surface area (TPSA) is 73.9 Å². The molecule has 2 fully saturated rings. The fourth-order valence-corrected chi connectivity index (χ4v) is 3.90. The molecule has 6 nitrogen and oxygen atoms in total. The maximum atomic E-state index is 13.3. The number of carbonyl (C=O) groups excluding carboxylic acids is 1. The van der Waals surface area contributed by atoms with E-state index in [0.717, 1.165) is 31.8 Å². The highest BCUT2D eigenvalue weighted by Crippen LogP contribution is 2.19. The molecule has 5 rings (SSSR count). The lowest BCUT2D eigenvalue weighted by molar-refractivity contribution is 0.0787. The van der Waals surface area contributed by atoms with Gasteiger partial charge in [0.05, 0.1) is 11.1 Å². The number of allylic oxidation sites excluding steroid dienone is 1. The van der Waals surface area contributed by atoms with Gasteiger partial charge in [0, 0.05) is 24.8 Å². The number of aromatic nitrogens is 3. The van der Waals surface area contributed by atoms with Crippen LogP contribution < -0.4 is 5.32 Å². The summed E-state index contributed by atoms with van der Waals surface area (Å²) in [6.07, 6.45) is 8.07. The zero-order valence-electron chi connectivity index (χ0n) is 22.8. The maximum absolute atomic E-state index is 13.3. The third kappa shape index (κ3) is 9.35. The predicted octanol–water partition coefficient (Wildman–Crippen LogP) is 6.22. The van der Waals surface area contributed by atoms with Crippen molar-refractivity contribution in [3.63, 3.8) is 0 Å². The van der Waals surface area contributed by atoms with Crippen LogP contribution in [0.4, 0.5) is 8.78 Å². The molecule has 2 aromatic heterocycles. The van der Waals surface area contributed by atoms with Gasteiger partial charge in [0.15, 0.2) is 5.82 Å². The molecule has 0 bridgehead atoms. The molecular weight excluding hydrogens is 472 g/mol. The Morgan fingerprint density at radius 1 is 1.16 bits per heavy atom. The van der Waals surface area contributed by atoms with E-state index in [4.69, 9.17) is 0 Å². The fourth-order valence-electron chi connectivity index (χ4n) is 3.90. The number of hydrogen-bond acceptors (Lipinski definition) is 4. The average molecular weight is 514 g/mol. The summed E-state index contributed by atoms with van der Waals surface area (Å²) in [4.78, 5) is 24.2. The zero-order chi connectivity index (χ0) is 27.4. The molecule has 0 unspecified atom stereocenters. The van der Waals surface area contributed by atoms with E-state index in [1.54, 1.807) is 30.9 Å². The standard InChI is InChI=1S/C13H16FNO.C7H6FN3.C5H11N.C4H8/c1-9-5-6-15(8-9)13(16)11-4-3-10(2)12(14)7-11;1-4-6-5(8)2-9-7(6)11-3-10-4;1-5-2-3-6-4-5;1-3-4-2/h3-4,7,9H,5-6,8H2,1-2H3;2-3H,1H3,(H,9,10,11);5-6H,2-4H2,1H3;3H,1,4H2,2H3/t9-;;5-;/m1.0./s1. The third-order valence-corrected chi connectivity index (χ3v) is 6.34. The lowest BCUT2D eigenvalue weighted by atomic mass is 10.1. The minimum absolute atomic E-state index is 0.0525. The van der Waals surface area contributed by atoms with E-state index in [-0.39, 0.29) is 17.5 Å². The highest BCUT2D eigenvalue weighted by atomic mass is 19.1. The van der Waals surface area contributed by atoms with Gasteiger partial charge >= 0.3 is 0 Å². The first-order valence-corrected chi connectivity index (χ1v) is 13.0. The summed E-state index contributed by atoms with van der Waals surface area (Å²) in [6.45, 7) is 17.4. The van der Waals surface area contributed by atoms with E-state index >= 15 is 0 Å². The average Bonchev–Trinajstić information content (AvgIpc) is 3.64. The highest BCUT2D eigenvalue weighted by Gasteiger charge is 2.24. The number of hydrogen-bond donors (Lipinski definition) is 2. The molecular formula is C29H41F2N5O. The quantitative estimate of drug-likeness (QED) is 0.399. The summed E-state index contributed by atoms with van der Waals surface area (Å²) >= 11 is 0. The highest BCUT2D eigenvalue weighted by molar-refractivity contribution is 5.94. The Hall–Kier alpha value is -3.13. The lowest BCUT2D eigenvalue weighted by Crippen LogP contribution is -2.28. The molecule has 1 amide bonds. The van der Waals surface area contributed by atoms with Crippen LogP contribution in [0.5, 0.6) is 0 Å². The molecule has 1 aromatic carbocycles. The zero-order valence-corrected chi connectivity index (χ0v) is 22.8. The number of nitrogens with one attached hydrogen (secondary N) is 2. The van der Waals surface area contributed by atoms with Gasteiger partial charge in [-0.05, 0) is 75.7 Å². The summed E-state index contributed by atoms with van der Waals surface area (Å²) in [5.41, 5.74) is 2.24. The number of benzene rings is 1. The van der Waals surface area contributed by atoms with E-state index < -0.39 is 0 Å². The Kier molecular flexibility index (Phi) is 12.4. The van der Waals surface area contributed by atoms with Crippen LogP contribution in [0.2, 0.25) is 0 Å². The van der Waals surface area contributed by atoms with Gasteiger partial charge in [0.2, 0.25) is 0 Å². The molecule has 202 valence electrons. The summed E-state index contributed by atoms with van der Waals surface area (Å²) in [7, 11) is 0. The number of aryl methyl sites for hydroxylation is 2. The van der Waals surface area contributed by atoms with Crippen molar-refractivity contribution in [2.75, 3.05) is 26.2 Å². The van der Waals surface area contributed by atoms with Crippen molar-refractivity contribution >= 4 is 16.9 Å². The van der Waals surface area contributed by atoms with Crippen LogP contribution in [0, 0.1) is 37.3 Å². The predicted molar refractivity (Wildman–Crippen MR) is 147 cm³/mol. The minimum Gasteiger partial charge on any atom is -0.343 e. The summed E-state index contributed by atoms with van der Waals surface area (Å²) in [6, 6.07) is 4.69. The van der Waals surface area contributed by atoms with Gasteiger partial charge in [0.1, 0.15) is 17.8 Å². The van der Waals surface area contributed by atoms with Crippen LogP contribution in [-0.4, -0.2) is 51.9 Å². The first-order chi connectivity index (χ1) is 17.7. The second-order valence-electron chi connectivity index (χ2n) is 9.72. The Bertz CT molecular complexity index is 1140. The molecule has 0 spiro atoms. The number of carbonyl (C=O) groups is 1. The number of H-pyrrole nitrogens is 1. The molecule has 2 N–H and O–H groups in total. The molecule has 4 heterocycles. The summed E-state index contributed by atoms with van der Waals surface area (Å²) in [5, 5.41) is 3.75. The molecule has 2 atom stereocenters. The van der Waals surface area contributed by atoms with E-state index in [1.807, 2.05) is 6.08 Å². The SMILES string of the molecule is C=CCC.C[C@H]1CCNC1.Cc1ccc(C(=O)N2CC[C@@H](C)C2)cc1F.Cc1ncnc2[nH]cc(F)c12. The van der Waals surface area contributed by atoms with Gasteiger partial charge < -0.3 is 15.2 Å². The van der Waals surface area contributed by atoms with Gasteiger partial charge in [-0.3, -0.25) is 4.79 Å². The smallest absolute Gasteiger partial charge is 0.253 e. The Morgan fingerprint density at radius 3 is 2.38 bits per heavy atom. The molecule has 2 saturated heterocycles. The first-order valence-electron chi connectivity index (χ1n) is 13.0. The van der Waals surface area contributed by atoms with Crippen LogP contribution >= 0.6 is 0 Å². The van der Waals surface area contributed by atoms with Crippen molar-refractivity contribution in [1.29, 1.82) is 0 Å². The Morgan fingerprint density at radius 2 is 1.89 bits per heavy atom. The number of nitrogens with zero attached hydrogens (tertiary/aromatic N) is 3. The third-order valence-electron chi connectivity index (χ3n) is 6.34. The van der Waals surface area contributed by atoms with Gasteiger partial charge in [-0.15, -0.1) is 6.58 Å². The van der Waals surface area contributed by atoms with Crippen LogP contribution in [0.25, 0.3) is 11.0 Å². The summed E-state index contributed by atoms with van der Waals surface area (Å²) < 4.78 is 26.2. The Balaban J connectivity index is 0.000000197. The van der Waals surface area contributed by atoms with Gasteiger partial charge in [-0.25, -0.2) is 18.7 Å². The van der Waals surface area contributed by atoms with Crippen LogP contribution in [0.15, 0.2) is 43.4 Å². The molecule has 3 aromatic rings. The van der Waals surface area contributed by atoms with Crippen molar-refractivity contribution in [3.05, 3.63) is 71.8 Å². The molecule has 0 radical (unpaired) electrons. The van der Waals surface area contributed by atoms with Crippen LogP contribution in [0.1, 0.15) is 61.6 Å². The van der Waals surface area contributed by atoms with Crippen molar-refractivity contribution in [3.8, 4) is 0 Å². The molecule has 0 aliphatic carbocycles. The minimum atomic E-state index is -0.307.